The van der Waals surface area contributed by atoms with Gasteiger partial charge in [0, 0.05) is 24.5 Å². The van der Waals surface area contributed by atoms with Gasteiger partial charge in [0.1, 0.15) is 11.4 Å². The Morgan fingerprint density at radius 3 is 2.84 bits per heavy atom. The van der Waals surface area contributed by atoms with Gasteiger partial charge in [0.15, 0.2) is 0 Å². The summed E-state index contributed by atoms with van der Waals surface area (Å²) in [4.78, 5) is 19.0. The molecule has 0 aliphatic carbocycles. The highest BCUT2D eigenvalue weighted by molar-refractivity contribution is 5.93. The minimum absolute atomic E-state index is 0.0520. The van der Waals surface area contributed by atoms with Gasteiger partial charge in [-0.15, -0.1) is 0 Å². The number of benzene rings is 1. The fraction of sp³-hybridized carbons (Fsp3) is 0.211. The highest BCUT2D eigenvalue weighted by atomic mass is 16.3. The molecule has 2 aromatic heterocycles. The summed E-state index contributed by atoms with van der Waals surface area (Å²) in [6, 6.07) is 12.5. The first-order chi connectivity index (χ1) is 12.2. The van der Waals surface area contributed by atoms with E-state index >= 15 is 0 Å². The molecule has 0 radical (unpaired) electrons. The predicted octanol–water partition coefficient (Wildman–Crippen LogP) is 3.15. The standard InChI is InChI=1S/C19H18N4O2/c24-15-7-5-13(6-8-15)16-11-17(22-21-16)19(25)23-10-2-4-18(23)14-3-1-9-20-12-14/h1,3,5-9,11-12,18,24H,2,4,10H2,(H,21,22)/t18-/m1/s1. The van der Waals surface area contributed by atoms with Gasteiger partial charge in [0.05, 0.1) is 11.7 Å². The van der Waals surface area contributed by atoms with Crippen molar-refractivity contribution in [2.75, 3.05) is 6.54 Å². The van der Waals surface area contributed by atoms with Crippen molar-refractivity contribution in [2.24, 2.45) is 0 Å². The van der Waals surface area contributed by atoms with Crippen LogP contribution in [-0.2, 0) is 0 Å². The molecule has 1 saturated heterocycles. The molecule has 1 fully saturated rings. The van der Waals surface area contributed by atoms with Gasteiger partial charge in [-0.2, -0.15) is 5.10 Å². The van der Waals surface area contributed by atoms with E-state index in [0.717, 1.165) is 30.5 Å². The summed E-state index contributed by atoms with van der Waals surface area (Å²) >= 11 is 0. The molecular weight excluding hydrogens is 316 g/mol. The van der Waals surface area contributed by atoms with Crippen molar-refractivity contribution in [3.05, 3.63) is 66.1 Å². The van der Waals surface area contributed by atoms with Gasteiger partial charge >= 0.3 is 0 Å². The average Bonchev–Trinajstić information content (AvgIpc) is 3.32. The average molecular weight is 334 g/mol. The molecule has 1 amide bonds. The smallest absolute Gasteiger partial charge is 0.272 e. The van der Waals surface area contributed by atoms with Crippen LogP contribution in [0.5, 0.6) is 5.75 Å². The SMILES string of the molecule is O=C(c1cc(-c2ccc(O)cc2)n[nH]1)N1CCC[C@@H]1c1cccnc1. The number of rotatable bonds is 3. The molecule has 1 aliphatic rings. The Kier molecular flexibility index (Phi) is 3.93. The van der Waals surface area contributed by atoms with E-state index in [0.29, 0.717) is 11.4 Å². The minimum Gasteiger partial charge on any atom is -0.508 e. The highest BCUT2D eigenvalue weighted by Crippen LogP contribution is 2.32. The van der Waals surface area contributed by atoms with Crippen molar-refractivity contribution in [1.82, 2.24) is 20.1 Å². The van der Waals surface area contributed by atoms with Gasteiger partial charge in [-0.1, -0.05) is 6.07 Å². The lowest BCUT2D eigenvalue weighted by Gasteiger charge is -2.24. The zero-order valence-electron chi connectivity index (χ0n) is 13.6. The molecule has 1 atom stereocenters. The summed E-state index contributed by atoms with van der Waals surface area (Å²) in [5.74, 6) is 0.149. The third kappa shape index (κ3) is 2.98. The summed E-state index contributed by atoms with van der Waals surface area (Å²) in [5.41, 5.74) is 3.06. The number of hydrogen-bond acceptors (Lipinski definition) is 4. The number of amides is 1. The first-order valence-electron chi connectivity index (χ1n) is 8.28. The van der Waals surface area contributed by atoms with Gasteiger partial charge in [-0.25, -0.2) is 0 Å². The Hall–Kier alpha value is -3.15. The monoisotopic (exact) mass is 334 g/mol. The minimum atomic E-state index is -0.0520. The Morgan fingerprint density at radius 1 is 1.24 bits per heavy atom. The lowest BCUT2D eigenvalue weighted by molar-refractivity contribution is 0.0729. The van der Waals surface area contributed by atoms with E-state index in [1.807, 2.05) is 23.2 Å². The molecule has 4 rings (SSSR count). The van der Waals surface area contributed by atoms with Gasteiger partial charge in [-0.05, 0) is 54.8 Å². The number of H-pyrrole nitrogens is 1. The molecule has 2 N–H and O–H groups in total. The molecule has 3 aromatic rings. The summed E-state index contributed by atoms with van der Waals surface area (Å²) in [7, 11) is 0. The lowest BCUT2D eigenvalue weighted by atomic mass is 10.1. The topological polar surface area (TPSA) is 82.1 Å². The second-order valence-electron chi connectivity index (χ2n) is 6.16. The molecule has 3 heterocycles. The number of pyridine rings is 1. The summed E-state index contributed by atoms with van der Waals surface area (Å²) < 4.78 is 0. The van der Waals surface area contributed by atoms with Crippen LogP contribution >= 0.6 is 0 Å². The molecule has 0 unspecified atom stereocenters. The fourth-order valence-electron chi connectivity index (χ4n) is 3.30. The van der Waals surface area contributed by atoms with E-state index in [-0.39, 0.29) is 17.7 Å². The molecule has 0 saturated carbocycles. The van der Waals surface area contributed by atoms with Crippen LogP contribution < -0.4 is 0 Å². The van der Waals surface area contributed by atoms with E-state index in [1.165, 1.54) is 0 Å². The quantitative estimate of drug-likeness (QED) is 0.771. The summed E-state index contributed by atoms with van der Waals surface area (Å²) in [6.45, 7) is 0.728. The molecule has 1 aromatic carbocycles. The van der Waals surface area contributed by atoms with Crippen molar-refractivity contribution in [3.8, 4) is 17.0 Å². The van der Waals surface area contributed by atoms with Crippen LogP contribution in [0, 0.1) is 0 Å². The second-order valence-corrected chi connectivity index (χ2v) is 6.16. The molecule has 1 aliphatic heterocycles. The molecule has 0 bridgehead atoms. The first kappa shape index (κ1) is 15.4. The van der Waals surface area contributed by atoms with Crippen molar-refractivity contribution >= 4 is 5.91 Å². The number of nitrogens with zero attached hydrogens (tertiary/aromatic N) is 3. The van der Waals surface area contributed by atoms with Gasteiger partial charge in [0.2, 0.25) is 0 Å². The normalized spacial score (nSPS) is 17.0. The number of aromatic amines is 1. The van der Waals surface area contributed by atoms with Crippen LogP contribution in [-0.4, -0.2) is 37.6 Å². The Balaban J connectivity index is 1.58. The molecule has 6 nitrogen and oxygen atoms in total. The number of hydrogen-bond donors (Lipinski definition) is 2. The number of likely N-dealkylation sites (tertiary alicyclic amines) is 1. The number of carbonyl (C=O) groups is 1. The van der Waals surface area contributed by atoms with Crippen LogP contribution in [0.2, 0.25) is 0 Å². The van der Waals surface area contributed by atoms with Crippen LogP contribution in [0.15, 0.2) is 54.9 Å². The summed E-state index contributed by atoms with van der Waals surface area (Å²) in [6.07, 6.45) is 5.48. The van der Waals surface area contributed by atoms with Gasteiger partial charge in [-0.3, -0.25) is 14.9 Å². The maximum atomic E-state index is 12.9. The Morgan fingerprint density at radius 2 is 2.08 bits per heavy atom. The largest absolute Gasteiger partial charge is 0.508 e. The lowest BCUT2D eigenvalue weighted by Crippen LogP contribution is -2.30. The first-order valence-corrected chi connectivity index (χ1v) is 8.28. The Labute approximate surface area is 145 Å². The van der Waals surface area contributed by atoms with Gasteiger partial charge < -0.3 is 10.0 Å². The zero-order chi connectivity index (χ0) is 17.2. The maximum absolute atomic E-state index is 12.9. The molecule has 25 heavy (non-hydrogen) atoms. The molecule has 0 spiro atoms. The van der Waals surface area contributed by atoms with E-state index in [1.54, 1.807) is 36.5 Å². The van der Waals surface area contributed by atoms with Crippen molar-refractivity contribution in [1.29, 1.82) is 0 Å². The van der Waals surface area contributed by atoms with E-state index in [9.17, 15) is 9.90 Å². The van der Waals surface area contributed by atoms with Crippen LogP contribution in [0.1, 0.15) is 34.9 Å². The number of phenols is 1. The van der Waals surface area contributed by atoms with Gasteiger partial charge in [0.25, 0.3) is 5.91 Å². The number of phenolic OH excluding ortho intramolecular Hbond substituents is 1. The zero-order valence-corrected chi connectivity index (χ0v) is 13.6. The van der Waals surface area contributed by atoms with Crippen molar-refractivity contribution in [2.45, 2.75) is 18.9 Å². The van der Waals surface area contributed by atoms with E-state index in [4.69, 9.17) is 0 Å². The number of aromatic nitrogens is 3. The van der Waals surface area contributed by atoms with E-state index < -0.39 is 0 Å². The molecular formula is C19H18N4O2. The maximum Gasteiger partial charge on any atom is 0.272 e. The highest BCUT2D eigenvalue weighted by Gasteiger charge is 2.31. The van der Waals surface area contributed by atoms with Crippen molar-refractivity contribution in [3.63, 3.8) is 0 Å². The van der Waals surface area contributed by atoms with Crippen LogP contribution in [0.25, 0.3) is 11.3 Å². The molecule has 6 heteroatoms. The third-order valence-corrected chi connectivity index (χ3v) is 4.55. The Bertz CT molecular complexity index is 874. The summed E-state index contributed by atoms with van der Waals surface area (Å²) in [5, 5.41) is 16.5. The third-order valence-electron chi connectivity index (χ3n) is 4.55. The van der Waals surface area contributed by atoms with Crippen LogP contribution in [0.4, 0.5) is 0 Å². The van der Waals surface area contributed by atoms with Crippen molar-refractivity contribution < 1.29 is 9.90 Å². The number of carbonyl (C=O) groups excluding carboxylic acids is 1. The van der Waals surface area contributed by atoms with E-state index in [2.05, 4.69) is 15.2 Å². The number of nitrogens with one attached hydrogen (secondary N) is 1. The second kappa shape index (κ2) is 6.39. The fourth-order valence-corrected chi connectivity index (χ4v) is 3.30. The number of aromatic hydroxyl groups is 1. The van der Waals surface area contributed by atoms with Crippen LogP contribution in [0.3, 0.4) is 0 Å². The molecule has 126 valence electrons. The predicted molar refractivity (Wildman–Crippen MR) is 92.9 cm³/mol.